The smallest absolute Gasteiger partial charge is 0.306 e. The van der Waals surface area contributed by atoms with Gasteiger partial charge in [-0.3, -0.25) is 9.59 Å². The highest BCUT2D eigenvalue weighted by Gasteiger charge is 2.16. The Bertz CT molecular complexity index is 863. The zero-order chi connectivity index (χ0) is 36.0. The number of carbonyl (C=O) groups excluding carboxylic acids is 2. The third-order valence-corrected chi connectivity index (χ3v) is 8.58. The molecule has 0 aromatic rings. The summed E-state index contributed by atoms with van der Waals surface area (Å²) in [6.45, 7) is 3.85. The minimum atomic E-state index is -0.877. The molecular weight excluding hydrogens is 616 g/mol. The lowest BCUT2D eigenvalue weighted by Gasteiger charge is -2.16. The second-order valence-corrected chi connectivity index (χ2v) is 13.4. The van der Waals surface area contributed by atoms with E-state index in [1.165, 1.54) is 83.5 Å². The van der Waals surface area contributed by atoms with E-state index in [0.29, 0.717) is 19.3 Å². The van der Waals surface area contributed by atoms with E-state index in [9.17, 15) is 24.9 Å². The average molecular weight is 691 g/mol. The van der Waals surface area contributed by atoms with Crippen LogP contribution in [0.5, 0.6) is 0 Å². The Kier molecular flexibility index (Phi) is 35.4. The lowest BCUT2D eigenvalue weighted by molar-refractivity contribution is -0.161. The fraction of sp³-hybridized carbons (Fsp3) is 0.762. The van der Waals surface area contributed by atoms with E-state index in [2.05, 4.69) is 13.8 Å². The molecule has 0 heterocycles. The fourth-order valence-corrected chi connectivity index (χ4v) is 5.47. The molecule has 7 nitrogen and oxygen atoms in total. The van der Waals surface area contributed by atoms with Crippen molar-refractivity contribution in [2.45, 2.75) is 193 Å². The van der Waals surface area contributed by atoms with Crippen molar-refractivity contribution in [2.75, 3.05) is 13.2 Å². The maximum atomic E-state index is 12.2. The minimum absolute atomic E-state index is 0.107. The lowest BCUT2D eigenvalue weighted by Crippen LogP contribution is -2.28. The second-order valence-electron chi connectivity index (χ2n) is 13.4. The standard InChI is InChI=1S/C42H74O7/c1-3-5-7-8-9-10-11-12-13-14-15-16-17-21-24-28-34-41(46)48-37-40(36-43)49-42(47)35-29-33-39(45)32-27-23-20-18-19-22-26-31-38(44)30-25-6-4-2/h19-20,22-23,26-27,31-32,38-40,43-45H,3-18,21,24-25,28-30,33-37H2,1-2H3/b22-19-,23-20-,31-26+,32-27+/t38-,39-,40+/m1/s1. The maximum Gasteiger partial charge on any atom is 0.306 e. The molecule has 0 aromatic heterocycles. The molecular formula is C42H74O7. The summed E-state index contributed by atoms with van der Waals surface area (Å²) in [5, 5.41) is 29.5. The Hall–Kier alpha value is -2.22. The van der Waals surface area contributed by atoms with Crippen LogP contribution in [-0.2, 0) is 19.1 Å². The lowest BCUT2D eigenvalue weighted by atomic mass is 10.0. The highest BCUT2D eigenvalue weighted by Crippen LogP contribution is 2.14. The number of hydrogen-bond donors (Lipinski definition) is 3. The fourth-order valence-electron chi connectivity index (χ4n) is 5.47. The molecule has 0 unspecified atom stereocenters. The SMILES string of the molecule is CCCCCCCCCCCCCCCCCCC(=O)OC[C@H](CO)OC(=O)CCC[C@H](O)/C=C/C=C\C/C=C\C=C\[C@H](O)CCCCC. The first-order chi connectivity index (χ1) is 23.9. The molecule has 0 saturated carbocycles. The first-order valence-electron chi connectivity index (χ1n) is 19.9. The monoisotopic (exact) mass is 691 g/mol. The zero-order valence-electron chi connectivity index (χ0n) is 31.4. The Morgan fingerprint density at radius 1 is 0.551 bits per heavy atom. The van der Waals surface area contributed by atoms with Crippen LogP contribution in [0.25, 0.3) is 0 Å². The molecule has 0 spiro atoms. The van der Waals surface area contributed by atoms with Gasteiger partial charge in [-0.15, -0.1) is 0 Å². The summed E-state index contributed by atoms with van der Waals surface area (Å²) >= 11 is 0. The van der Waals surface area contributed by atoms with Gasteiger partial charge >= 0.3 is 11.9 Å². The predicted octanol–water partition coefficient (Wildman–Crippen LogP) is 10.2. The molecule has 0 aliphatic heterocycles. The highest BCUT2D eigenvalue weighted by atomic mass is 16.6. The van der Waals surface area contributed by atoms with Gasteiger partial charge in [0.1, 0.15) is 6.61 Å². The number of ether oxygens (including phenoxy) is 2. The van der Waals surface area contributed by atoms with Crippen LogP contribution in [-0.4, -0.2) is 58.8 Å². The number of allylic oxidation sites excluding steroid dienone is 6. The summed E-state index contributed by atoms with van der Waals surface area (Å²) in [6.07, 6.45) is 39.5. The molecule has 49 heavy (non-hydrogen) atoms. The van der Waals surface area contributed by atoms with Crippen molar-refractivity contribution in [2.24, 2.45) is 0 Å². The van der Waals surface area contributed by atoms with Crippen LogP contribution in [0, 0.1) is 0 Å². The first kappa shape index (κ1) is 46.8. The normalized spacial score (nSPS) is 14.0. The third kappa shape index (κ3) is 35.4. The molecule has 0 fully saturated rings. The van der Waals surface area contributed by atoms with Gasteiger partial charge in [0.2, 0.25) is 0 Å². The quantitative estimate of drug-likeness (QED) is 0.0345. The van der Waals surface area contributed by atoms with Crippen molar-refractivity contribution in [1.29, 1.82) is 0 Å². The molecule has 3 atom stereocenters. The van der Waals surface area contributed by atoms with Crippen LogP contribution in [0.2, 0.25) is 0 Å². The summed E-state index contributed by atoms with van der Waals surface area (Å²) in [7, 11) is 0. The van der Waals surface area contributed by atoms with Crippen molar-refractivity contribution >= 4 is 11.9 Å². The average Bonchev–Trinajstić information content (AvgIpc) is 3.09. The van der Waals surface area contributed by atoms with Crippen LogP contribution in [0.3, 0.4) is 0 Å². The summed E-state index contributed by atoms with van der Waals surface area (Å²) in [4.78, 5) is 24.3. The van der Waals surface area contributed by atoms with E-state index in [0.717, 1.165) is 51.4 Å². The first-order valence-corrected chi connectivity index (χ1v) is 19.9. The van der Waals surface area contributed by atoms with Gasteiger partial charge in [0.15, 0.2) is 6.10 Å². The molecule has 0 amide bonds. The largest absolute Gasteiger partial charge is 0.462 e. The van der Waals surface area contributed by atoms with Crippen LogP contribution < -0.4 is 0 Å². The molecule has 0 aliphatic rings. The molecule has 0 radical (unpaired) electrons. The third-order valence-electron chi connectivity index (χ3n) is 8.58. The summed E-state index contributed by atoms with van der Waals surface area (Å²) in [6, 6.07) is 0. The van der Waals surface area contributed by atoms with Crippen LogP contribution in [0.15, 0.2) is 48.6 Å². The van der Waals surface area contributed by atoms with E-state index < -0.39 is 24.8 Å². The molecule has 0 rings (SSSR count). The van der Waals surface area contributed by atoms with Gasteiger partial charge in [0.05, 0.1) is 18.8 Å². The van der Waals surface area contributed by atoms with Gasteiger partial charge in [-0.05, 0) is 32.1 Å². The molecule has 284 valence electrons. The van der Waals surface area contributed by atoms with E-state index in [1.807, 2.05) is 36.5 Å². The van der Waals surface area contributed by atoms with Gasteiger partial charge < -0.3 is 24.8 Å². The Morgan fingerprint density at radius 2 is 0.980 bits per heavy atom. The van der Waals surface area contributed by atoms with Gasteiger partial charge in [-0.25, -0.2) is 0 Å². The van der Waals surface area contributed by atoms with Crippen LogP contribution >= 0.6 is 0 Å². The van der Waals surface area contributed by atoms with Gasteiger partial charge in [-0.2, -0.15) is 0 Å². The Morgan fingerprint density at radius 3 is 1.47 bits per heavy atom. The van der Waals surface area contributed by atoms with Crippen molar-refractivity contribution in [3.8, 4) is 0 Å². The number of carbonyl (C=O) groups is 2. The minimum Gasteiger partial charge on any atom is -0.462 e. The van der Waals surface area contributed by atoms with E-state index in [4.69, 9.17) is 9.47 Å². The van der Waals surface area contributed by atoms with E-state index in [-0.39, 0.29) is 25.1 Å². The van der Waals surface area contributed by atoms with Crippen molar-refractivity contribution in [1.82, 2.24) is 0 Å². The molecule has 0 aliphatic carbocycles. The number of hydrogen-bond acceptors (Lipinski definition) is 7. The number of unbranched alkanes of at least 4 members (excludes halogenated alkanes) is 17. The van der Waals surface area contributed by atoms with Crippen LogP contribution in [0.1, 0.15) is 174 Å². The number of aliphatic hydroxyl groups excluding tert-OH is 3. The van der Waals surface area contributed by atoms with Crippen molar-refractivity contribution in [3.05, 3.63) is 48.6 Å². The van der Waals surface area contributed by atoms with Crippen molar-refractivity contribution < 1.29 is 34.4 Å². The topological polar surface area (TPSA) is 113 Å². The number of aliphatic hydroxyl groups is 3. The zero-order valence-corrected chi connectivity index (χ0v) is 31.4. The molecule has 7 heteroatoms. The van der Waals surface area contributed by atoms with Gasteiger partial charge in [0, 0.05) is 12.8 Å². The summed E-state index contributed by atoms with van der Waals surface area (Å²) in [5.74, 6) is -0.817. The Balaban J connectivity index is 3.79. The van der Waals surface area contributed by atoms with Gasteiger partial charge in [-0.1, -0.05) is 178 Å². The highest BCUT2D eigenvalue weighted by molar-refractivity contribution is 5.70. The Labute approximate surface area is 300 Å². The molecule has 0 aromatic carbocycles. The molecule has 3 N–H and O–H groups in total. The number of esters is 2. The maximum absolute atomic E-state index is 12.2. The van der Waals surface area contributed by atoms with Crippen molar-refractivity contribution in [3.63, 3.8) is 0 Å². The summed E-state index contributed by atoms with van der Waals surface area (Å²) in [5.41, 5.74) is 0. The number of rotatable bonds is 35. The second kappa shape index (κ2) is 37.0. The van der Waals surface area contributed by atoms with E-state index in [1.54, 1.807) is 12.2 Å². The predicted molar refractivity (Wildman–Crippen MR) is 203 cm³/mol. The molecule has 0 bridgehead atoms. The summed E-state index contributed by atoms with van der Waals surface area (Å²) < 4.78 is 10.5. The molecule has 0 saturated heterocycles. The van der Waals surface area contributed by atoms with E-state index >= 15 is 0 Å². The van der Waals surface area contributed by atoms with Gasteiger partial charge in [0.25, 0.3) is 0 Å². The van der Waals surface area contributed by atoms with Crippen LogP contribution in [0.4, 0.5) is 0 Å².